The molecule has 0 aliphatic carbocycles. The number of benzene rings is 1. The zero-order valence-corrected chi connectivity index (χ0v) is 11.3. The van der Waals surface area contributed by atoms with Crippen molar-refractivity contribution in [3.8, 4) is 0 Å². The second-order valence-electron chi connectivity index (χ2n) is 5.16. The van der Waals surface area contributed by atoms with Crippen LogP contribution in [0.3, 0.4) is 0 Å². The van der Waals surface area contributed by atoms with E-state index in [9.17, 15) is 4.79 Å². The number of hydrogen-bond donors (Lipinski definition) is 3. The van der Waals surface area contributed by atoms with E-state index in [1.165, 1.54) is 6.92 Å². The van der Waals surface area contributed by atoms with E-state index in [4.69, 9.17) is 15.3 Å². The monoisotopic (exact) mass is 254 g/mol. The largest absolute Gasteiger partial charge is 0.478 e. The molecule has 0 heterocycles. The first kappa shape index (κ1) is 16.6. The van der Waals surface area contributed by atoms with Gasteiger partial charge >= 0.3 is 5.97 Å². The van der Waals surface area contributed by atoms with Crippen LogP contribution in [0.5, 0.6) is 0 Å². The number of aliphatic hydroxyl groups is 2. The van der Waals surface area contributed by atoms with Crippen LogP contribution in [0.2, 0.25) is 0 Å². The first-order chi connectivity index (χ1) is 8.18. The Hall–Kier alpha value is -1.39. The van der Waals surface area contributed by atoms with Crippen LogP contribution in [0.25, 0.3) is 0 Å². The van der Waals surface area contributed by atoms with Gasteiger partial charge in [-0.3, -0.25) is 0 Å². The zero-order valence-electron chi connectivity index (χ0n) is 11.3. The van der Waals surface area contributed by atoms with Crippen LogP contribution in [-0.2, 0) is 5.41 Å². The highest BCUT2D eigenvalue weighted by atomic mass is 16.4. The number of aliphatic hydroxyl groups excluding tert-OH is 2. The lowest BCUT2D eigenvalue weighted by Gasteiger charge is -2.18. The van der Waals surface area contributed by atoms with Crippen molar-refractivity contribution in [2.75, 3.05) is 6.61 Å². The van der Waals surface area contributed by atoms with E-state index in [1.807, 2.05) is 12.1 Å². The fourth-order valence-corrected chi connectivity index (χ4v) is 1.11. The third-order valence-electron chi connectivity index (χ3n) is 2.26. The van der Waals surface area contributed by atoms with E-state index in [1.54, 1.807) is 12.1 Å². The van der Waals surface area contributed by atoms with E-state index in [-0.39, 0.29) is 12.0 Å². The predicted octanol–water partition coefficient (Wildman–Crippen LogP) is 2.04. The van der Waals surface area contributed by atoms with Gasteiger partial charge in [0.15, 0.2) is 0 Å². The maximum atomic E-state index is 10.6. The fourth-order valence-electron chi connectivity index (χ4n) is 1.11. The summed E-state index contributed by atoms with van der Waals surface area (Å²) in [7, 11) is 0. The highest BCUT2D eigenvalue weighted by Gasteiger charge is 2.13. The van der Waals surface area contributed by atoms with Gasteiger partial charge in [0.05, 0.1) is 18.3 Å². The quantitative estimate of drug-likeness (QED) is 0.754. The summed E-state index contributed by atoms with van der Waals surface area (Å²) < 4.78 is 0. The van der Waals surface area contributed by atoms with Gasteiger partial charge in [0, 0.05) is 0 Å². The van der Waals surface area contributed by atoms with Crippen molar-refractivity contribution in [2.24, 2.45) is 0 Å². The van der Waals surface area contributed by atoms with Crippen molar-refractivity contribution in [3.63, 3.8) is 0 Å². The average molecular weight is 254 g/mol. The van der Waals surface area contributed by atoms with Gasteiger partial charge in [-0.15, -0.1) is 0 Å². The smallest absolute Gasteiger partial charge is 0.335 e. The second-order valence-corrected chi connectivity index (χ2v) is 5.16. The summed E-state index contributed by atoms with van der Waals surface area (Å²) in [6.45, 7) is 7.69. The van der Waals surface area contributed by atoms with Gasteiger partial charge < -0.3 is 15.3 Å². The maximum Gasteiger partial charge on any atom is 0.335 e. The summed E-state index contributed by atoms with van der Waals surface area (Å²) in [5, 5.41) is 24.7. The SMILES string of the molecule is CC(C)(C)c1ccc(C(=O)O)cc1.CC(O)CO. The first-order valence-corrected chi connectivity index (χ1v) is 5.81. The van der Waals surface area contributed by atoms with Crippen LogP contribution in [0, 0.1) is 0 Å². The fraction of sp³-hybridized carbons (Fsp3) is 0.500. The molecule has 0 aliphatic heterocycles. The summed E-state index contributed by atoms with van der Waals surface area (Å²) in [5.41, 5.74) is 1.57. The Bertz CT molecular complexity index is 360. The van der Waals surface area contributed by atoms with Crippen molar-refractivity contribution in [2.45, 2.75) is 39.2 Å². The molecular weight excluding hydrogens is 232 g/mol. The van der Waals surface area contributed by atoms with Gasteiger partial charge in [-0.2, -0.15) is 0 Å². The number of carboxylic acids is 1. The van der Waals surface area contributed by atoms with Crippen molar-refractivity contribution in [1.82, 2.24) is 0 Å². The molecule has 1 atom stereocenters. The van der Waals surface area contributed by atoms with Gasteiger partial charge in [-0.25, -0.2) is 4.79 Å². The van der Waals surface area contributed by atoms with Gasteiger partial charge in [0.1, 0.15) is 0 Å². The van der Waals surface area contributed by atoms with Crippen LogP contribution in [0.1, 0.15) is 43.6 Å². The number of aromatic carboxylic acids is 1. The minimum absolute atomic E-state index is 0.0804. The summed E-state index contributed by atoms with van der Waals surface area (Å²) in [5.74, 6) is -0.875. The Labute approximate surface area is 108 Å². The molecule has 0 aliphatic rings. The van der Waals surface area contributed by atoms with Crippen LogP contribution < -0.4 is 0 Å². The maximum absolute atomic E-state index is 10.6. The van der Waals surface area contributed by atoms with E-state index < -0.39 is 12.1 Å². The molecule has 0 aromatic heterocycles. The minimum Gasteiger partial charge on any atom is -0.478 e. The van der Waals surface area contributed by atoms with Crippen LogP contribution in [0.4, 0.5) is 0 Å². The Kier molecular flexibility index (Phi) is 6.58. The third kappa shape index (κ3) is 6.37. The lowest BCUT2D eigenvalue weighted by atomic mass is 9.87. The molecule has 0 saturated carbocycles. The normalized spacial score (nSPS) is 12.3. The molecule has 4 nitrogen and oxygen atoms in total. The van der Waals surface area contributed by atoms with Crippen LogP contribution in [0.15, 0.2) is 24.3 Å². The van der Waals surface area contributed by atoms with Crippen molar-refractivity contribution < 1.29 is 20.1 Å². The molecule has 4 heteroatoms. The summed E-state index contributed by atoms with van der Waals surface area (Å²) >= 11 is 0. The number of rotatable bonds is 2. The first-order valence-electron chi connectivity index (χ1n) is 5.81. The van der Waals surface area contributed by atoms with Gasteiger partial charge in [-0.05, 0) is 30.0 Å². The Morgan fingerprint density at radius 2 is 1.61 bits per heavy atom. The summed E-state index contributed by atoms with van der Waals surface area (Å²) in [4.78, 5) is 10.6. The summed E-state index contributed by atoms with van der Waals surface area (Å²) in [6.07, 6.45) is -0.560. The number of hydrogen-bond acceptors (Lipinski definition) is 3. The van der Waals surface area contributed by atoms with Gasteiger partial charge in [0.25, 0.3) is 0 Å². The highest BCUT2D eigenvalue weighted by molar-refractivity contribution is 5.87. The molecule has 0 radical (unpaired) electrons. The predicted molar refractivity (Wildman–Crippen MR) is 70.9 cm³/mol. The molecule has 1 unspecified atom stereocenters. The van der Waals surface area contributed by atoms with Gasteiger partial charge in [-0.1, -0.05) is 32.9 Å². The van der Waals surface area contributed by atoms with E-state index >= 15 is 0 Å². The van der Waals surface area contributed by atoms with Gasteiger partial charge in [0.2, 0.25) is 0 Å². The molecule has 1 rings (SSSR count). The summed E-state index contributed by atoms with van der Waals surface area (Å²) in [6, 6.07) is 7.01. The second kappa shape index (κ2) is 7.13. The van der Waals surface area contributed by atoms with Crippen molar-refractivity contribution in [3.05, 3.63) is 35.4 Å². The Morgan fingerprint density at radius 3 is 1.83 bits per heavy atom. The molecule has 0 spiro atoms. The molecule has 1 aromatic rings. The highest BCUT2D eigenvalue weighted by Crippen LogP contribution is 2.21. The Balaban J connectivity index is 0.000000494. The molecule has 0 fully saturated rings. The standard InChI is InChI=1S/C11H14O2.C3H8O2/c1-11(2,3)9-6-4-8(5-7-9)10(12)13;1-3(5)2-4/h4-7H,1-3H3,(H,12,13);3-5H,2H2,1H3. The van der Waals surface area contributed by atoms with Crippen LogP contribution >= 0.6 is 0 Å². The number of carboxylic acid groups (broad SMARTS) is 1. The number of carbonyl (C=O) groups is 1. The topological polar surface area (TPSA) is 77.8 Å². The molecule has 0 amide bonds. The minimum atomic E-state index is -0.875. The van der Waals surface area contributed by atoms with Crippen molar-refractivity contribution >= 4 is 5.97 Å². The van der Waals surface area contributed by atoms with E-state index in [0.29, 0.717) is 5.56 Å². The molecule has 1 aromatic carbocycles. The molecule has 0 bridgehead atoms. The molecule has 102 valence electrons. The lowest BCUT2D eigenvalue weighted by Crippen LogP contribution is -2.11. The zero-order chi connectivity index (χ0) is 14.3. The lowest BCUT2D eigenvalue weighted by molar-refractivity contribution is 0.0697. The van der Waals surface area contributed by atoms with E-state index in [0.717, 1.165) is 5.56 Å². The molecule has 18 heavy (non-hydrogen) atoms. The third-order valence-corrected chi connectivity index (χ3v) is 2.26. The van der Waals surface area contributed by atoms with Crippen LogP contribution in [-0.4, -0.2) is 34.0 Å². The Morgan fingerprint density at radius 1 is 1.22 bits per heavy atom. The molecule has 3 N–H and O–H groups in total. The molecular formula is C14H22O4. The molecule has 0 saturated heterocycles. The van der Waals surface area contributed by atoms with Crippen molar-refractivity contribution in [1.29, 1.82) is 0 Å². The average Bonchev–Trinajstić information content (AvgIpc) is 2.28. The van der Waals surface area contributed by atoms with E-state index in [2.05, 4.69) is 20.8 Å².